The summed E-state index contributed by atoms with van der Waals surface area (Å²) in [5, 5.41) is 10.4. The van der Waals surface area contributed by atoms with E-state index in [1.165, 1.54) is 22.3 Å². The Morgan fingerprint density at radius 1 is 0.742 bits per heavy atom. The van der Waals surface area contributed by atoms with Crippen molar-refractivity contribution in [3.63, 3.8) is 0 Å². The van der Waals surface area contributed by atoms with E-state index in [0.717, 1.165) is 5.56 Å². The molecule has 5 heteroatoms. The smallest absolute Gasteiger partial charge is 0.320 e. The Kier molecular flexibility index (Phi) is 4.47. The number of hydrogen-bond donors (Lipinski definition) is 1. The lowest BCUT2D eigenvalue weighted by Gasteiger charge is -2.24. The van der Waals surface area contributed by atoms with Crippen LogP contribution in [-0.2, 0) is 5.41 Å². The van der Waals surface area contributed by atoms with Crippen LogP contribution in [0.25, 0.3) is 33.9 Å². The van der Waals surface area contributed by atoms with Crippen LogP contribution >= 0.6 is 0 Å². The highest BCUT2D eigenvalue weighted by Crippen LogP contribution is 2.51. The number of aromatic hydroxyl groups is 1. The SMILES string of the molecule is CCOc1nc(-c2ccccc2O)nc(-c2cccc3c2C(C)(C)c2ccccc2-3)n1. The predicted octanol–water partition coefficient (Wildman–Crippen LogP) is 5.62. The minimum atomic E-state index is -0.198. The fourth-order valence-corrected chi connectivity index (χ4v) is 4.49. The first-order valence-electron chi connectivity index (χ1n) is 10.4. The van der Waals surface area contributed by atoms with Gasteiger partial charge in [-0.25, -0.2) is 4.98 Å². The highest BCUT2D eigenvalue weighted by molar-refractivity contribution is 5.87. The number of phenolic OH excluding ortho intramolecular Hbond substituents is 1. The second-order valence-corrected chi connectivity index (χ2v) is 8.11. The number of ether oxygens (including phenoxy) is 1. The van der Waals surface area contributed by atoms with Gasteiger partial charge in [0.1, 0.15) is 5.75 Å². The lowest BCUT2D eigenvalue weighted by atomic mass is 9.80. The number of phenols is 1. The van der Waals surface area contributed by atoms with E-state index in [0.29, 0.717) is 23.8 Å². The van der Waals surface area contributed by atoms with Crippen molar-refractivity contribution in [1.82, 2.24) is 15.0 Å². The zero-order chi connectivity index (χ0) is 21.6. The summed E-state index contributed by atoms with van der Waals surface area (Å²) in [5.41, 5.74) is 6.20. The van der Waals surface area contributed by atoms with E-state index in [9.17, 15) is 5.11 Å². The molecule has 0 fully saturated rings. The van der Waals surface area contributed by atoms with Crippen LogP contribution in [0.1, 0.15) is 31.9 Å². The maximum Gasteiger partial charge on any atom is 0.320 e. The molecule has 0 unspecified atom stereocenters. The van der Waals surface area contributed by atoms with Crippen molar-refractivity contribution in [2.24, 2.45) is 0 Å². The molecule has 0 spiro atoms. The van der Waals surface area contributed by atoms with Crippen LogP contribution in [0.2, 0.25) is 0 Å². The van der Waals surface area contributed by atoms with E-state index in [-0.39, 0.29) is 17.2 Å². The van der Waals surface area contributed by atoms with Crippen molar-refractivity contribution < 1.29 is 9.84 Å². The molecule has 1 N–H and O–H groups in total. The zero-order valence-corrected chi connectivity index (χ0v) is 17.8. The quantitative estimate of drug-likeness (QED) is 0.474. The van der Waals surface area contributed by atoms with Gasteiger partial charge in [0.05, 0.1) is 12.2 Å². The third-order valence-corrected chi connectivity index (χ3v) is 5.85. The van der Waals surface area contributed by atoms with E-state index < -0.39 is 0 Å². The molecule has 154 valence electrons. The summed E-state index contributed by atoms with van der Waals surface area (Å²) >= 11 is 0. The Morgan fingerprint density at radius 3 is 2.10 bits per heavy atom. The summed E-state index contributed by atoms with van der Waals surface area (Å²) in [6, 6.07) is 22.0. The number of rotatable bonds is 4. The molecule has 31 heavy (non-hydrogen) atoms. The molecule has 0 aliphatic heterocycles. The van der Waals surface area contributed by atoms with Crippen molar-refractivity contribution >= 4 is 0 Å². The minimum Gasteiger partial charge on any atom is -0.507 e. The van der Waals surface area contributed by atoms with Crippen molar-refractivity contribution in [2.45, 2.75) is 26.2 Å². The van der Waals surface area contributed by atoms with E-state index in [1.807, 2.05) is 25.1 Å². The second-order valence-electron chi connectivity index (χ2n) is 8.11. The summed E-state index contributed by atoms with van der Waals surface area (Å²) in [7, 11) is 0. The Hall–Kier alpha value is -3.73. The molecule has 0 atom stereocenters. The Balaban J connectivity index is 1.75. The van der Waals surface area contributed by atoms with Gasteiger partial charge < -0.3 is 9.84 Å². The molecule has 3 aromatic carbocycles. The number of para-hydroxylation sites is 1. The van der Waals surface area contributed by atoms with Crippen LogP contribution in [0.3, 0.4) is 0 Å². The monoisotopic (exact) mass is 409 g/mol. The standard InChI is InChI=1S/C26H23N3O2/c1-4-31-25-28-23(18-11-6-8-15-21(18)30)27-24(29-25)19-13-9-12-17-16-10-5-7-14-20(16)26(2,3)22(17)19/h5-15,30H,4H2,1-3H3. The summed E-state index contributed by atoms with van der Waals surface area (Å²) in [6.45, 7) is 6.79. The lowest BCUT2D eigenvalue weighted by molar-refractivity contribution is 0.312. The zero-order valence-electron chi connectivity index (χ0n) is 17.8. The van der Waals surface area contributed by atoms with Crippen LogP contribution in [0.4, 0.5) is 0 Å². The van der Waals surface area contributed by atoms with Crippen molar-refractivity contribution in [2.75, 3.05) is 6.61 Å². The lowest BCUT2D eigenvalue weighted by Crippen LogP contribution is -2.17. The number of aromatic nitrogens is 3. The Labute approximate surface area is 181 Å². The fraction of sp³-hybridized carbons (Fsp3) is 0.192. The van der Waals surface area contributed by atoms with Gasteiger partial charge in [0.2, 0.25) is 0 Å². The summed E-state index contributed by atoms with van der Waals surface area (Å²) in [6.07, 6.45) is 0. The van der Waals surface area contributed by atoms with Crippen molar-refractivity contribution in [1.29, 1.82) is 0 Å². The summed E-state index contributed by atoms with van der Waals surface area (Å²) in [5.74, 6) is 1.04. The van der Waals surface area contributed by atoms with Crippen molar-refractivity contribution in [3.05, 3.63) is 77.9 Å². The number of nitrogens with zero attached hydrogens (tertiary/aromatic N) is 3. The van der Waals surface area contributed by atoms with E-state index >= 15 is 0 Å². The van der Waals surface area contributed by atoms with Gasteiger partial charge in [-0.3, -0.25) is 0 Å². The molecular weight excluding hydrogens is 386 g/mol. The number of hydrogen-bond acceptors (Lipinski definition) is 5. The van der Waals surface area contributed by atoms with Crippen LogP contribution < -0.4 is 4.74 Å². The maximum absolute atomic E-state index is 10.4. The third kappa shape index (κ3) is 3.05. The average Bonchev–Trinajstić information content (AvgIpc) is 3.02. The number of fused-ring (bicyclic) bond motifs is 3. The highest BCUT2D eigenvalue weighted by atomic mass is 16.5. The van der Waals surface area contributed by atoms with Gasteiger partial charge in [0, 0.05) is 11.0 Å². The first kappa shape index (κ1) is 19.2. The second kappa shape index (κ2) is 7.20. The normalized spacial score (nSPS) is 13.5. The molecule has 1 heterocycles. The highest BCUT2D eigenvalue weighted by Gasteiger charge is 2.37. The van der Waals surface area contributed by atoms with Gasteiger partial charge >= 0.3 is 6.01 Å². The molecule has 1 aliphatic rings. The molecular formula is C26H23N3O2. The van der Waals surface area contributed by atoms with Crippen LogP contribution in [0, 0.1) is 0 Å². The molecule has 5 rings (SSSR count). The molecule has 0 saturated carbocycles. The van der Waals surface area contributed by atoms with Gasteiger partial charge in [-0.05, 0) is 41.3 Å². The third-order valence-electron chi connectivity index (χ3n) is 5.85. The topological polar surface area (TPSA) is 68.1 Å². The van der Waals surface area contributed by atoms with E-state index in [4.69, 9.17) is 9.72 Å². The molecule has 0 bridgehead atoms. The van der Waals surface area contributed by atoms with Gasteiger partial charge in [-0.15, -0.1) is 0 Å². The van der Waals surface area contributed by atoms with E-state index in [1.54, 1.807) is 18.2 Å². The Bertz CT molecular complexity index is 1300. The molecule has 5 nitrogen and oxygen atoms in total. The first-order chi connectivity index (χ1) is 15.0. The van der Waals surface area contributed by atoms with Crippen LogP contribution in [0.15, 0.2) is 66.7 Å². The molecule has 1 aromatic heterocycles. The van der Waals surface area contributed by atoms with Gasteiger partial charge in [-0.2, -0.15) is 9.97 Å². The summed E-state index contributed by atoms with van der Waals surface area (Å²) in [4.78, 5) is 13.8. The Morgan fingerprint density at radius 2 is 1.35 bits per heavy atom. The minimum absolute atomic E-state index is 0.119. The molecule has 0 amide bonds. The van der Waals surface area contributed by atoms with Crippen LogP contribution in [-0.4, -0.2) is 26.7 Å². The molecule has 1 aliphatic carbocycles. The average molecular weight is 409 g/mol. The molecule has 4 aromatic rings. The van der Waals surface area contributed by atoms with Gasteiger partial charge in [-0.1, -0.05) is 68.4 Å². The van der Waals surface area contributed by atoms with E-state index in [2.05, 4.69) is 54.1 Å². The molecule has 0 saturated heterocycles. The maximum atomic E-state index is 10.4. The largest absolute Gasteiger partial charge is 0.507 e. The summed E-state index contributed by atoms with van der Waals surface area (Å²) < 4.78 is 5.66. The predicted molar refractivity (Wildman–Crippen MR) is 121 cm³/mol. The van der Waals surface area contributed by atoms with Crippen molar-refractivity contribution in [3.8, 4) is 45.7 Å². The van der Waals surface area contributed by atoms with Gasteiger partial charge in [0.25, 0.3) is 0 Å². The molecule has 0 radical (unpaired) electrons. The number of benzene rings is 3. The van der Waals surface area contributed by atoms with Gasteiger partial charge in [0.15, 0.2) is 11.6 Å². The first-order valence-corrected chi connectivity index (χ1v) is 10.4. The fourth-order valence-electron chi connectivity index (χ4n) is 4.49. The van der Waals surface area contributed by atoms with Crippen LogP contribution in [0.5, 0.6) is 11.8 Å².